The molecule has 0 aliphatic rings. The van der Waals surface area contributed by atoms with Crippen LogP contribution >= 0.6 is 0 Å². The first-order valence-electron chi connectivity index (χ1n) is 4.38. The molecule has 1 unspecified atom stereocenters. The SMILES string of the molecule is C.Cc1cccc(CC(C)C(=O)O)c1. The van der Waals surface area contributed by atoms with Gasteiger partial charge in [0.05, 0.1) is 5.92 Å². The van der Waals surface area contributed by atoms with Gasteiger partial charge in [0.2, 0.25) is 0 Å². The van der Waals surface area contributed by atoms with Gasteiger partial charge in [0.1, 0.15) is 0 Å². The fraction of sp³-hybridized carbons (Fsp3) is 0.417. The van der Waals surface area contributed by atoms with Crippen molar-refractivity contribution in [3.63, 3.8) is 0 Å². The van der Waals surface area contributed by atoms with Crippen molar-refractivity contribution >= 4 is 5.97 Å². The lowest BCUT2D eigenvalue weighted by Gasteiger charge is -2.06. The molecule has 0 aliphatic carbocycles. The summed E-state index contributed by atoms with van der Waals surface area (Å²) in [6.45, 7) is 3.74. The Hall–Kier alpha value is -1.31. The number of carbonyl (C=O) groups is 1. The van der Waals surface area contributed by atoms with Crippen LogP contribution in [-0.4, -0.2) is 11.1 Å². The Balaban J connectivity index is 0.00000169. The Morgan fingerprint density at radius 3 is 2.64 bits per heavy atom. The van der Waals surface area contributed by atoms with E-state index in [0.29, 0.717) is 6.42 Å². The third-order valence-corrected chi connectivity index (χ3v) is 2.05. The smallest absolute Gasteiger partial charge is 0.306 e. The summed E-state index contributed by atoms with van der Waals surface area (Å²) in [5.74, 6) is -1.04. The summed E-state index contributed by atoms with van der Waals surface area (Å²) in [5.41, 5.74) is 2.27. The van der Waals surface area contributed by atoms with E-state index < -0.39 is 5.97 Å². The average Bonchev–Trinajstić information content (AvgIpc) is 2.04. The van der Waals surface area contributed by atoms with E-state index in [-0.39, 0.29) is 13.3 Å². The van der Waals surface area contributed by atoms with Gasteiger partial charge >= 0.3 is 5.97 Å². The van der Waals surface area contributed by atoms with Gasteiger partial charge in [0, 0.05) is 0 Å². The third-order valence-electron chi connectivity index (χ3n) is 2.05. The van der Waals surface area contributed by atoms with Crippen LogP contribution in [0.5, 0.6) is 0 Å². The van der Waals surface area contributed by atoms with Crippen molar-refractivity contribution in [2.75, 3.05) is 0 Å². The lowest BCUT2D eigenvalue weighted by molar-refractivity contribution is -0.141. The van der Waals surface area contributed by atoms with E-state index in [2.05, 4.69) is 0 Å². The standard InChI is InChI=1S/C11H14O2.CH4/c1-8-4-3-5-10(6-8)7-9(2)11(12)13;/h3-6,9H,7H2,1-2H3,(H,12,13);1H4. The summed E-state index contributed by atoms with van der Waals surface area (Å²) >= 11 is 0. The molecule has 0 saturated heterocycles. The third kappa shape index (κ3) is 3.60. The molecule has 1 aromatic carbocycles. The topological polar surface area (TPSA) is 37.3 Å². The molecule has 1 aromatic rings. The monoisotopic (exact) mass is 194 g/mol. The summed E-state index contributed by atoms with van der Waals surface area (Å²) in [6.07, 6.45) is 0.608. The molecule has 0 bridgehead atoms. The lowest BCUT2D eigenvalue weighted by atomic mass is 10.0. The zero-order valence-electron chi connectivity index (χ0n) is 7.95. The maximum absolute atomic E-state index is 10.6. The Morgan fingerprint density at radius 1 is 1.50 bits per heavy atom. The molecule has 0 fully saturated rings. The average molecular weight is 194 g/mol. The van der Waals surface area contributed by atoms with Crippen LogP contribution in [0.2, 0.25) is 0 Å². The van der Waals surface area contributed by atoms with Crippen molar-refractivity contribution in [1.82, 2.24) is 0 Å². The van der Waals surface area contributed by atoms with Gasteiger partial charge in [-0.3, -0.25) is 4.79 Å². The molecule has 0 amide bonds. The molecule has 2 heteroatoms. The molecule has 1 rings (SSSR count). The van der Waals surface area contributed by atoms with Crippen LogP contribution in [0, 0.1) is 12.8 Å². The Bertz CT molecular complexity index is 305. The van der Waals surface area contributed by atoms with Crippen LogP contribution in [0.3, 0.4) is 0 Å². The number of rotatable bonds is 3. The van der Waals surface area contributed by atoms with Crippen LogP contribution < -0.4 is 0 Å². The minimum atomic E-state index is -0.735. The molecular formula is C12H18O2. The molecule has 0 aromatic heterocycles. The highest BCUT2D eigenvalue weighted by Crippen LogP contribution is 2.10. The highest BCUT2D eigenvalue weighted by molar-refractivity contribution is 5.69. The first-order chi connectivity index (χ1) is 6.09. The number of carboxylic acid groups (broad SMARTS) is 1. The summed E-state index contributed by atoms with van der Waals surface area (Å²) in [5, 5.41) is 8.71. The molecule has 78 valence electrons. The zero-order valence-corrected chi connectivity index (χ0v) is 7.95. The first-order valence-corrected chi connectivity index (χ1v) is 4.38. The number of aliphatic carboxylic acids is 1. The molecule has 0 aliphatic heterocycles. The van der Waals surface area contributed by atoms with Gasteiger partial charge in [0.15, 0.2) is 0 Å². The minimum absolute atomic E-state index is 0. The molecule has 14 heavy (non-hydrogen) atoms. The van der Waals surface area contributed by atoms with E-state index in [4.69, 9.17) is 5.11 Å². The summed E-state index contributed by atoms with van der Waals surface area (Å²) in [6, 6.07) is 7.96. The summed E-state index contributed by atoms with van der Waals surface area (Å²) in [7, 11) is 0. The molecule has 1 N–H and O–H groups in total. The van der Waals surface area contributed by atoms with E-state index >= 15 is 0 Å². The highest BCUT2D eigenvalue weighted by atomic mass is 16.4. The van der Waals surface area contributed by atoms with Crippen molar-refractivity contribution in [3.8, 4) is 0 Å². The second-order valence-electron chi connectivity index (χ2n) is 3.43. The van der Waals surface area contributed by atoms with Crippen molar-refractivity contribution in [2.24, 2.45) is 5.92 Å². The highest BCUT2D eigenvalue weighted by Gasteiger charge is 2.10. The zero-order chi connectivity index (χ0) is 9.84. The van der Waals surface area contributed by atoms with Crippen molar-refractivity contribution in [2.45, 2.75) is 27.7 Å². The predicted molar refractivity (Wildman–Crippen MR) is 58.4 cm³/mol. The van der Waals surface area contributed by atoms with Gasteiger partial charge in [-0.25, -0.2) is 0 Å². The summed E-state index contributed by atoms with van der Waals surface area (Å²) < 4.78 is 0. The second-order valence-corrected chi connectivity index (χ2v) is 3.43. The second kappa shape index (κ2) is 5.43. The van der Waals surface area contributed by atoms with Gasteiger partial charge in [-0.1, -0.05) is 44.2 Å². The van der Waals surface area contributed by atoms with E-state index in [1.54, 1.807) is 6.92 Å². The normalized spacial score (nSPS) is 11.6. The van der Waals surface area contributed by atoms with Gasteiger partial charge in [-0.2, -0.15) is 0 Å². The molecular weight excluding hydrogens is 176 g/mol. The Morgan fingerprint density at radius 2 is 2.14 bits per heavy atom. The van der Waals surface area contributed by atoms with Crippen LogP contribution in [0.1, 0.15) is 25.5 Å². The van der Waals surface area contributed by atoms with Gasteiger partial charge in [-0.05, 0) is 18.9 Å². The van der Waals surface area contributed by atoms with Crippen LogP contribution in [0.4, 0.5) is 0 Å². The molecule has 0 radical (unpaired) electrons. The number of carboxylic acids is 1. The van der Waals surface area contributed by atoms with Crippen LogP contribution in [-0.2, 0) is 11.2 Å². The molecule has 0 saturated carbocycles. The van der Waals surface area contributed by atoms with E-state index in [0.717, 1.165) is 5.56 Å². The molecule has 0 spiro atoms. The van der Waals surface area contributed by atoms with E-state index in [1.807, 2.05) is 31.2 Å². The van der Waals surface area contributed by atoms with Gasteiger partial charge < -0.3 is 5.11 Å². The van der Waals surface area contributed by atoms with Crippen molar-refractivity contribution in [1.29, 1.82) is 0 Å². The minimum Gasteiger partial charge on any atom is -0.481 e. The first kappa shape index (κ1) is 12.7. The summed E-state index contributed by atoms with van der Waals surface area (Å²) in [4.78, 5) is 10.6. The fourth-order valence-corrected chi connectivity index (χ4v) is 1.28. The molecule has 2 nitrogen and oxygen atoms in total. The van der Waals surface area contributed by atoms with Crippen molar-refractivity contribution < 1.29 is 9.90 Å². The Labute approximate surface area is 85.6 Å². The van der Waals surface area contributed by atoms with Crippen LogP contribution in [0.15, 0.2) is 24.3 Å². The predicted octanol–water partition coefficient (Wildman–Crippen LogP) is 2.89. The number of hydrogen-bond acceptors (Lipinski definition) is 1. The maximum Gasteiger partial charge on any atom is 0.306 e. The number of aryl methyl sites for hydroxylation is 1. The largest absolute Gasteiger partial charge is 0.481 e. The molecule has 1 atom stereocenters. The van der Waals surface area contributed by atoms with Gasteiger partial charge in [-0.15, -0.1) is 0 Å². The van der Waals surface area contributed by atoms with Crippen LogP contribution in [0.25, 0.3) is 0 Å². The molecule has 0 heterocycles. The quantitative estimate of drug-likeness (QED) is 0.803. The number of hydrogen-bond donors (Lipinski definition) is 1. The van der Waals surface area contributed by atoms with Gasteiger partial charge in [0.25, 0.3) is 0 Å². The van der Waals surface area contributed by atoms with E-state index in [9.17, 15) is 4.79 Å². The number of benzene rings is 1. The maximum atomic E-state index is 10.6. The Kier molecular flexibility index (Phi) is 4.92. The van der Waals surface area contributed by atoms with Crippen molar-refractivity contribution in [3.05, 3.63) is 35.4 Å². The fourth-order valence-electron chi connectivity index (χ4n) is 1.28. The lowest BCUT2D eigenvalue weighted by Crippen LogP contribution is -2.12. The van der Waals surface area contributed by atoms with E-state index in [1.165, 1.54) is 5.56 Å².